The van der Waals surface area contributed by atoms with Gasteiger partial charge in [-0.15, -0.1) is 0 Å². The minimum absolute atomic E-state index is 0.166. The van der Waals surface area contributed by atoms with Crippen LogP contribution < -0.4 is 14.8 Å². The molecule has 3 amide bonds. The lowest BCUT2D eigenvalue weighted by molar-refractivity contribution is -0.139. The Morgan fingerprint density at radius 3 is 2.38 bits per heavy atom. The molecule has 2 heterocycles. The van der Waals surface area contributed by atoms with E-state index in [1.165, 1.54) is 37.3 Å². The quantitative estimate of drug-likeness (QED) is 0.500. The van der Waals surface area contributed by atoms with Crippen LogP contribution in [0.25, 0.3) is 0 Å². The Kier molecular flexibility index (Phi) is 8.93. The predicted molar refractivity (Wildman–Crippen MR) is 146 cm³/mol. The number of carbonyl (C=O) groups is 3. The van der Waals surface area contributed by atoms with Gasteiger partial charge in [-0.2, -0.15) is 0 Å². The fraction of sp³-hybridized carbons (Fsp3) is 0.414. The van der Waals surface area contributed by atoms with Crippen molar-refractivity contribution in [3.63, 3.8) is 0 Å². The molecule has 0 spiro atoms. The van der Waals surface area contributed by atoms with E-state index in [0.717, 1.165) is 0 Å². The standard InChI is InChI=1S/C29H35FN4O6/c1-6-40-28(36)25-24(32(3)29(37)31-26(25)20-13-22(38-4)15-23(14-20)39-5)17-33-10-11-34(18(2)16-33)27(35)19-8-7-9-21(30)12-19/h7-9,12-15,18,26H,6,10-11,16-17H2,1-5H3,(H,31,37)/t18-,26+/m1/s1. The van der Waals surface area contributed by atoms with Crippen LogP contribution in [0.3, 0.4) is 0 Å². The summed E-state index contributed by atoms with van der Waals surface area (Å²) < 4.78 is 30.0. The Bertz CT molecular complexity index is 1290. The maximum absolute atomic E-state index is 13.7. The Balaban J connectivity index is 1.64. The third-order valence-corrected chi connectivity index (χ3v) is 7.20. The number of rotatable bonds is 8. The van der Waals surface area contributed by atoms with Crippen molar-refractivity contribution >= 4 is 17.9 Å². The molecule has 0 radical (unpaired) electrons. The van der Waals surface area contributed by atoms with Gasteiger partial charge in [-0.1, -0.05) is 6.07 Å². The summed E-state index contributed by atoms with van der Waals surface area (Å²) >= 11 is 0. The Labute approximate surface area is 233 Å². The Morgan fingerprint density at radius 1 is 1.07 bits per heavy atom. The molecule has 2 aromatic carbocycles. The lowest BCUT2D eigenvalue weighted by Crippen LogP contribution is -2.56. The molecule has 0 bridgehead atoms. The number of halogens is 1. The van der Waals surface area contributed by atoms with Crippen molar-refractivity contribution < 1.29 is 33.0 Å². The molecule has 1 N–H and O–H groups in total. The zero-order valence-corrected chi connectivity index (χ0v) is 23.4. The number of carbonyl (C=O) groups excluding carboxylic acids is 3. The van der Waals surface area contributed by atoms with Crippen LogP contribution in [0.1, 0.15) is 35.8 Å². The highest BCUT2D eigenvalue weighted by Crippen LogP contribution is 2.35. The lowest BCUT2D eigenvalue weighted by Gasteiger charge is -2.42. The summed E-state index contributed by atoms with van der Waals surface area (Å²) in [6, 6.07) is 9.51. The van der Waals surface area contributed by atoms with E-state index in [-0.39, 0.29) is 31.1 Å². The molecule has 10 nitrogen and oxygen atoms in total. The Morgan fingerprint density at radius 2 is 1.77 bits per heavy atom. The number of methoxy groups -OCH3 is 2. The van der Waals surface area contributed by atoms with E-state index in [0.29, 0.717) is 53.5 Å². The van der Waals surface area contributed by atoms with Crippen LogP contribution in [0.4, 0.5) is 9.18 Å². The van der Waals surface area contributed by atoms with Crippen molar-refractivity contribution in [3.8, 4) is 11.5 Å². The van der Waals surface area contributed by atoms with E-state index in [1.807, 2.05) is 6.92 Å². The second kappa shape index (κ2) is 12.4. The van der Waals surface area contributed by atoms with Crippen molar-refractivity contribution in [2.24, 2.45) is 0 Å². The van der Waals surface area contributed by atoms with Gasteiger partial charge in [0.15, 0.2) is 0 Å². The predicted octanol–water partition coefficient (Wildman–Crippen LogP) is 3.20. The maximum Gasteiger partial charge on any atom is 0.338 e. The molecule has 2 aliphatic heterocycles. The summed E-state index contributed by atoms with van der Waals surface area (Å²) in [5, 5.41) is 2.91. The third kappa shape index (κ3) is 6.04. The highest BCUT2D eigenvalue weighted by Gasteiger charge is 2.39. The molecular formula is C29H35FN4O6. The number of ether oxygens (including phenoxy) is 3. The number of benzene rings is 2. The number of piperazine rings is 1. The van der Waals surface area contributed by atoms with Crippen molar-refractivity contribution in [2.45, 2.75) is 25.9 Å². The molecule has 1 fully saturated rings. The fourth-order valence-electron chi connectivity index (χ4n) is 5.12. The van der Waals surface area contributed by atoms with E-state index < -0.39 is 17.8 Å². The number of nitrogens with zero attached hydrogens (tertiary/aromatic N) is 3. The summed E-state index contributed by atoms with van der Waals surface area (Å²) in [6.07, 6.45) is 0. The topological polar surface area (TPSA) is 101 Å². The average molecular weight is 555 g/mol. The monoisotopic (exact) mass is 554 g/mol. The SMILES string of the molecule is CCOC(=O)C1=C(CN2CCN(C(=O)c3cccc(F)c3)[C@H](C)C2)N(C)C(=O)N[C@H]1c1cc(OC)cc(OC)c1. The highest BCUT2D eigenvalue weighted by molar-refractivity contribution is 5.95. The summed E-state index contributed by atoms with van der Waals surface area (Å²) in [5.41, 5.74) is 1.72. The molecule has 2 atom stereocenters. The summed E-state index contributed by atoms with van der Waals surface area (Å²) in [6.45, 7) is 5.49. The number of hydrogen-bond acceptors (Lipinski definition) is 7. The molecule has 2 aliphatic rings. The molecule has 0 saturated carbocycles. The number of nitrogens with one attached hydrogen (secondary N) is 1. The molecule has 40 heavy (non-hydrogen) atoms. The van der Waals surface area contributed by atoms with Crippen LogP contribution in [0, 0.1) is 5.82 Å². The van der Waals surface area contributed by atoms with Gasteiger partial charge in [0, 0.05) is 56.6 Å². The van der Waals surface area contributed by atoms with Crippen LogP contribution in [-0.4, -0.2) is 92.7 Å². The summed E-state index contributed by atoms with van der Waals surface area (Å²) in [7, 11) is 4.66. The van der Waals surface area contributed by atoms with Gasteiger partial charge in [0.2, 0.25) is 0 Å². The van der Waals surface area contributed by atoms with E-state index >= 15 is 0 Å². The first-order chi connectivity index (χ1) is 19.2. The maximum atomic E-state index is 13.7. The van der Waals surface area contributed by atoms with E-state index in [9.17, 15) is 18.8 Å². The molecule has 0 aliphatic carbocycles. The van der Waals surface area contributed by atoms with Crippen LogP contribution >= 0.6 is 0 Å². The minimum Gasteiger partial charge on any atom is -0.497 e. The number of likely N-dealkylation sites (N-methyl/N-ethyl adjacent to an activating group) is 1. The van der Waals surface area contributed by atoms with Crippen LogP contribution in [0.15, 0.2) is 53.7 Å². The zero-order valence-electron chi connectivity index (χ0n) is 23.4. The van der Waals surface area contributed by atoms with Crippen molar-refractivity contribution in [1.29, 1.82) is 0 Å². The van der Waals surface area contributed by atoms with E-state index in [4.69, 9.17) is 14.2 Å². The van der Waals surface area contributed by atoms with E-state index in [2.05, 4.69) is 10.2 Å². The molecule has 1 saturated heterocycles. The van der Waals surface area contributed by atoms with Gasteiger partial charge in [0.1, 0.15) is 17.3 Å². The molecule has 4 rings (SSSR count). The molecule has 0 unspecified atom stereocenters. The molecular weight excluding hydrogens is 519 g/mol. The van der Waals surface area contributed by atoms with Gasteiger partial charge >= 0.3 is 12.0 Å². The third-order valence-electron chi connectivity index (χ3n) is 7.20. The largest absolute Gasteiger partial charge is 0.497 e. The van der Waals surface area contributed by atoms with Crippen LogP contribution in [0.2, 0.25) is 0 Å². The van der Waals surface area contributed by atoms with Gasteiger partial charge in [0.25, 0.3) is 5.91 Å². The normalized spacial score (nSPS) is 19.8. The summed E-state index contributed by atoms with van der Waals surface area (Å²) in [4.78, 5) is 44.8. The first-order valence-corrected chi connectivity index (χ1v) is 13.1. The van der Waals surface area contributed by atoms with Crippen LogP contribution in [-0.2, 0) is 9.53 Å². The van der Waals surface area contributed by atoms with Crippen LogP contribution in [0.5, 0.6) is 11.5 Å². The molecule has 11 heteroatoms. The summed E-state index contributed by atoms with van der Waals surface area (Å²) in [5.74, 6) is -0.207. The minimum atomic E-state index is -0.796. The van der Waals surface area contributed by atoms with Crippen molar-refractivity contribution in [2.75, 3.05) is 54.1 Å². The number of esters is 1. The molecule has 2 aromatic rings. The Hall–Kier alpha value is -4.12. The van der Waals surface area contributed by atoms with Gasteiger partial charge < -0.3 is 24.4 Å². The van der Waals surface area contributed by atoms with Gasteiger partial charge in [0.05, 0.1) is 32.4 Å². The van der Waals surface area contributed by atoms with Crippen molar-refractivity contribution in [1.82, 2.24) is 20.0 Å². The van der Waals surface area contributed by atoms with Gasteiger partial charge in [-0.25, -0.2) is 14.0 Å². The molecule has 214 valence electrons. The van der Waals surface area contributed by atoms with E-state index in [1.54, 1.807) is 43.1 Å². The fourth-order valence-corrected chi connectivity index (χ4v) is 5.12. The smallest absolute Gasteiger partial charge is 0.338 e. The number of amides is 3. The second-order valence-corrected chi connectivity index (χ2v) is 9.76. The number of hydrogen-bond donors (Lipinski definition) is 1. The lowest BCUT2D eigenvalue weighted by atomic mass is 9.93. The molecule has 0 aromatic heterocycles. The zero-order chi connectivity index (χ0) is 29.0. The second-order valence-electron chi connectivity index (χ2n) is 9.76. The first kappa shape index (κ1) is 28.9. The van der Waals surface area contributed by atoms with Gasteiger partial charge in [-0.3, -0.25) is 14.6 Å². The number of urea groups is 1. The van der Waals surface area contributed by atoms with Gasteiger partial charge in [-0.05, 0) is 49.7 Å². The van der Waals surface area contributed by atoms with Crippen molar-refractivity contribution in [3.05, 3.63) is 70.7 Å². The highest BCUT2D eigenvalue weighted by atomic mass is 19.1. The average Bonchev–Trinajstić information content (AvgIpc) is 2.94. The first-order valence-electron chi connectivity index (χ1n) is 13.1.